The lowest BCUT2D eigenvalue weighted by Crippen LogP contribution is -2.29. The highest BCUT2D eigenvalue weighted by molar-refractivity contribution is 7.91. The average molecular weight is 342 g/mol. The summed E-state index contributed by atoms with van der Waals surface area (Å²) in [7, 11) is -7.06. The van der Waals surface area contributed by atoms with Crippen LogP contribution < -0.4 is 10.0 Å². The minimum absolute atomic E-state index is 0.113. The van der Waals surface area contributed by atoms with Gasteiger partial charge < -0.3 is 5.32 Å². The Morgan fingerprint density at radius 1 is 1.30 bits per heavy atom. The van der Waals surface area contributed by atoms with Gasteiger partial charge in [0.15, 0.2) is 0 Å². The van der Waals surface area contributed by atoms with Crippen molar-refractivity contribution in [1.29, 1.82) is 0 Å². The fourth-order valence-electron chi connectivity index (χ4n) is 1.31. The average Bonchev–Trinajstić information content (AvgIpc) is 2.29. The van der Waals surface area contributed by atoms with Crippen molar-refractivity contribution in [3.8, 4) is 0 Å². The summed E-state index contributed by atoms with van der Waals surface area (Å²) in [5.41, 5.74) is 0. The molecule has 114 valence electrons. The third-order valence-electron chi connectivity index (χ3n) is 2.24. The maximum absolute atomic E-state index is 11.9. The molecule has 0 radical (unpaired) electrons. The van der Waals surface area contributed by atoms with Gasteiger partial charge in [-0.05, 0) is 13.0 Å². The second-order valence-corrected chi connectivity index (χ2v) is 8.49. The van der Waals surface area contributed by atoms with Crippen LogP contribution in [0.25, 0.3) is 0 Å². The molecule has 0 aliphatic heterocycles. The fraction of sp³-hybridized carbons (Fsp3) is 0.500. The predicted octanol–water partition coefficient (Wildman–Crippen LogP) is 0.490. The van der Waals surface area contributed by atoms with Crippen LogP contribution >= 0.6 is 11.6 Å². The molecule has 0 spiro atoms. The Kier molecular flexibility index (Phi) is 5.75. The molecule has 0 aromatic carbocycles. The molecule has 0 unspecified atom stereocenters. The fourth-order valence-corrected chi connectivity index (χ4v) is 3.21. The largest absolute Gasteiger partial charge is 0.369 e. The number of hydrogen-bond donors (Lipinski definition) is 2. The maximum Gasteiger partial charge on any atom is 0.242 e. The Labute approximate surface area is 123 Å². The zero-order valence-electron chi connectivity index (χ0n) is 11.1. The van der Waals surface area contributed by atoms with Gasteiger partial charge in [-0.25, -0.2) is 26.5 Å². The number of nitrogens with one attached hydrogen (secondary N) is 2. The molecule has 2 N–H and O–H groups in total. The number of rotatable bonds is 7. The lowest BCUT2D eigenvalue weighted by Gasteiger charge is -2.09. The van der Waals surface area contributed by atoms with Crippen molar-refractivity contribution < 1.29 is 16.8 Å². The van der Waals surface area contributed by atoms with Gasteiger partial charge in [0.2, 0.25) is 10.0 Å². The lowest BCUT2D eigenvalue weighted by molar-refractivity contribution is 0.581. The Morgan fingerprint density at radius 3 is 2.45 bits per heavy atom. The standard InChI is InChI=1S/C10H16ClN3O4S2/c1-3-12-10-9(11)6-8(7-13-10)20(17,18)14-4-5-19(2,15)16/h6-7,14H,3-5H2,1-2H3,(H,12,13). The third kappa shape index (κ3) is 5.23. The van der Waals surface area contributed by atoms with Crippen molar-refractivity contribution in [2.75, 3.05) is 30.4 Å². The zero-order valence-corrected chi connectivity index (χ0v) is 13.4. The van der Waals surface area contributed by atoms with Crippen LogP contribution in [0.15, 0.2) is 17.2 Å². The minimum Gasteiger partial charge on any atom is -0.369 e. The number of hydrogen-bond acceptors (Lipinski definition) is 6. The smallest absolute Gasteiger partial charge is 0.242 e. The van der Waals surface area contributed by atoms with Crippen LogP contribution in [0.4, 0.5) is 5.82 Å². The van der Waals surface area contributed by atoms with Crippen LogP contribution in [-0.2, 0) is 19.9 Å². The van der Waals surface area contributed by atoms with E-state index in [1.807, 2.05) is 6.92 Å². The molecular formula is C10H16ClN3O4S2. The highest BCUT2D eigenvalue weighted by Crippen LogP contribution is 2.22. The molecule has 0 fully saturated rings. The van der Waals surface area contributed by atoms with Crippen LogP contribution in [0.5, 0.6) is 0 Å². The molecule has 0 atom stereocenters. The number of aromatic nitrogens is 1. The van der Waals surface area contributed by atoms with Crippen molar-refractivity contribution in [3.05, 3.63) is 17.3 Å². The summed E-state index contributed by atoms with van der Waals surface area (Å²) in [5.74, 6) is 0.118. The Hall–Kier alpha value is -0.900. The van der Waals surface area contributed by atoms with E-state index in [4.69, 9.17) is 11.6 Å². The van der Waals surface area contributed by atoms with E-state index >= 15 is 0 Å². The first-order chi connectivity index (χ1) is 9.15. The van der Waals surface area contributed by atoms with Gasteiger partial charge in [-0.15, -0.1) is 0 Å². The number of sulfone groups is 1. The van der Waals surface area contributed by atoms with Crippen LogP contribution in [0.1, 0.15) is 6.92 Å². The van der Waals surface area contributed by atoms with Crippen LogP contribution in [0, 0.1) is 0 Å². The van der Waals surface area contributed by atoms with E-state index in [0.29, 0.717) is 12.4 Å². The van der Waals surface area contributed by atoms with Gasteiger partial charge >= 0.3 is 0 Å². The maximum atomic E-state index is 11.9. The molecule has 0 saturated heterocycles. The van der Waals surface area contributed by atoms with Gasteiger partial charge in [0.1, 0.15) is 20.6 Å². The van der Waals surface area contributed by atoms with Crippen LogP contribution in [-0.4, -0.2) is 46.9 Å². The highest BCUT2D eigenvalue weighted by atomic mass is 35.5. The van der Waals surface area contributed by atoms with Crippen LogP contribution in [0.2, 0.25) is 5.02 Å². The molecule has 0 bridgehead atoms. The van der Waals surface area contributed by atoms with E-state index in [1.165, 1.54) is 6.07 Å². The highest BCUT2D eigenvalue weighted by Gasteiger charge is 2.17. The first-order valence-electron chi connectivity index (χ1n) is 5.72. The summed E-state index contributed by atoms with van der Waals surface area (Å²) in [6.45, 7) is 2.26. The summed E-state index contributed by atoms with van der Waals surface area (Å²) < 4.78 is 47.9. The molecular weight excluding hydrogens is 326 g/mol. The van der Waals surface area contributed by atoms with Gasteiger partial charge in [0.25, 0.3) is 0 Å². The van der Waals surface area contributed by atoms with Gasteiger partial charge in [-0.2, -0.15) is 0 Å². The van der Waals surface area contributed by atoms with Crippen molar-refractivity contribution in [2.24, 2.45) is 0 Å². The molecule has 0 saturated carbocycles. The molecule has 10 heteroatoms. The quantitative estimate of drug-likeness (QED) is 0.747. The van der Waals surface area contributed by atoms with Crippen LogP contribution in [0.3, 0.4) is 0 Å². The molecule has 0 amide bonds. The molecule has 1 heterocycles. The Morgan fingerprint density at radius 2 is 1.95 bits per heavy atom. The molecule has 1 aromatic rings. The second-order valence-electron chi connectivity index (χ2n) is 4.06. The van der Waals surface area contributed by atoms with Crippen molar-refractivity contribution >= 4 is 37.3 Å². The topological polar surface area (TPSA) is 105 Å². The predicted molar refractivity (Wildman–Crippen MR) is 78.3 cm³/mol. The van der Waals surface area contributed by atoms with Gasteiger partial charge in [-0.1, -0.05) is 11.6 Å². The number of pyridine rings is 1. The first kappa shape index (κ1) is 17.2. The first-order valence-corrected chi connectivity index (χ1v) is 9.64. The Bertz CT molecular complexity index is 674. The lowest BCUT2D eigenvalue weighted by atomic mass is 10.4. The summed E-state index contributed by atoms with van der Waals surface area (Å²) in [4.78, 5) is 3.80. The van der Waals surface area contributed by atoms with Gasteiger partial charge in [-0.3, -0.25) is 0 Å². The van der Waals surface area contributed by atoms with Crippen molar-refractivity contribution in [2.45, 2.75) is 11.8 Å². The number of sulfonamides is 1. The summed E-state index contributed by atoms with van der Waals surface area (Å²) >= 11 is 5.91. The number of halogens is 1. The SMILES string of the molecule is CCNc1ncc(S(=O)(=O)NCCS(C)(=O)=O)cc1Cl. The van der Waals surface area contributed by atoms with E-state index in [0.717, 1.165) is 12.5 Å². The molecule has 20 heavy (non-hydrogen) atoms. The van der Waals surface area contributed by atoms with E-state index in [9.17, 15) is 16.8 Å². The van der Waals surface area contributed by atoms with Crippen molar-refractivity contribution in [1.82, 2.24) is 9.71 Å². The normalized spacial score (nSPS) is 12.3. The molecule has 0 aliphatic rings. The molecule has 1 rings (SSSR count). The van der Waals surface area contributed by atoms with E-state index < -0.39 is 19.9 Å². The third-order valence-corrected chi connectivity index (χ3v) is 4.90. The number of nitrogens with zero attached hydrogens (tertiary/aromatic N) is 1. The van der Waals surface area contributed by atoms with Gasteiger partial charge in [0, 0.05) is 25.5 Å². The Balaban J connectivity index is 2.85. The molecule has 7 nitrogen and oxygen atoms in total. The van der Waals surface area contributed by atoms with Crippen molar-refractivity contribution in [3.63, 3.8) is 0 Å². The van der Waals surface area contributed by atoms with E-state index in [1.54, 1.807) is 0 Å². The summed E-state index contributed by atoms with van der Waals surface area (Å²) in [5, 5.41) is 3.06. The molecule has 1 aromatic heterocycles. The number of anilines is 1. The zero-order chi connectivity index (χ0) is 15.4. The monoisotopic (exact) mass is 341 g/mol. The summed E-state index contributed by atoms with van der Waals surface area (Å²) in [6.07, 6.45) is 2.19. The second kappa shape index (κ2) is 6.70. The summed E-state index contributed by atoms with van der Waals surface area (Å²) in [6, 6.07) is 1.26. The van der Waals surface area contributed by atoms with E-state index in [-0.39, 0.29) is 22.2 Å². The molecule has 0 aliphatic carbocycles. The van der Waals surface area contributed by atoms with E-state index in [2.05, 4.69) is 15.0 Å². The minimum atomic E-state index is -3.83. The van der Waals surface area contributed by atoms with Gasteiger partial charge in [0.05, 0.1) is 10.8 Å².